The minimum absolute atomic E-state index is 0.197. The summed E-state index contributed by atoms with van der Waals surface area (Å²) in [6.45, 7) is 4.86. The summed E-state index contributed by atoms with van der Waals surface area (Å²) in [5, 5.41) is 9.63. The lowest BCUT2D eigenvalue weighted by molar-refractivity contribution is 0.118. The smallest absolute Gasteiger partial charge is 0.122 e. The number of aliphatic hydroxyl groups is 1. The summed E-state index contributed by atoms with van der Waals surface area (Å²) in [5.41, 5.74) is 2.71. The Morgan fingerprint density at radius 3 is 2.94 bits per heavy atom. The average molecular weight is 234 g/mol. The molecule has 2 atom stereocenters. The van der Waals surface area contributed by atoms with Crippen molar-refractivity contribution in [3.8, 4) is 5.75 Å². The lowest BCUT2D eigenvalue weighted by Gasteiger charge is -2.17. The fraction of sp³-hybridized carbons (Fsp3) is 0.600. The van der Waals surface area contributed by atoms with E-state index in [0.717, 1.165) is 38.0 Å². The van der Waals surface area contributed by atoms with Gasteiger partial charge in [-0.05, 0) is 42.9 Å². The summed E-state index contributed by atoms with van der Waals surface area (Å²) in [4.78, 5) is 0. The van der Waals surface area contributed by atoms with Gasteiger partial charge >= 0.3 is 0 Å². The normalized spacial score (nSPS) is 17.4. The predicted molar refractivity (Wildman–Crippen MR) is 69.4 cm³/mol. The Morgan fingerprint density at radius 1 is 1.41 bits per heavy atom. The summed E-state index contributed by atoms with van der Waals surface area (Å²) < 4.78 is 5.50. The molecule has 0 saturated heterocycles. The highest BCUT2D eigenvalue weighted by molar-refractivity contribution is 5.39. The first-order valence-corrected chi connectivity index (χ1v) is 6.63. The van der Waals surface area contributed by atoms with Crippen LogP contribution in [0.4, 0.5) is 0 Å². The van der Waals surface area contributed by atoms with Crippen LogP contribution in [0.3, 0.4) is 0 Å². The highest BCUT2D eigenvalue weighted by Gasteiger charge is 2.15. The maximum atomic E-state index is 9.63. The molecule has 17 heavy (non-hydrogen) atoms. The molecule has 1 aromatic carbocycles. The molecule has 1 aliphatic rings. The maximum absolute atomic E-state index is 9.63. The number of ether oxygens (including phenoxy) is 1. The third kappa shape index (κ3) is 3.01. The zero-order valence-electron chi connectivity index (χ0n) is 10.8. The molecule has 2 heteroatoms. The first-order valence-electron chi connectivity index (χ1n) is 6.63. The SMILES string of the molecule is CCC(CCc1ccc2c(c1)CCO2)C(C)O. The third-order valence-corrected chi connectivity index (χ3v) is 3.76. The Labute approximate surface area is 104 Å². The van der Waals surface area contributed by atoms with Crippen molar-refractivity contribution in [2.75, 3.05) is 6.61 Å². The monoisotopic (exact) mass is 234 g/mol. The summed E-state index contributed by atoms with van der Waals surface area (Å²) in [5.74, 6) is 1.47. The Morgan fingerprint density at radius 2 is 2.24 bits per heavy atom. The summed E-state index contributed by atoms with van der Waals surface area (Å²) in [7, 11) is 0. The van der Waals surface area contributed by atoms with E-state index in [-0.39, 0.29) is 6.10 Å². The highest BCUT2D eigenvalue weighted by Crippen LogP contribution is 2.27. The first kappa shape index (κ1) is 12.4. The number of hydrogen-bond donors (Lipinski definition) is 1. The molecule has 2 nitrogen and oxygen atoms in total. The van der Waals surface area contributed by atoms with Gasteiger partial charge in [-0.15, -0.1) is 0 Å². The van der Waals surface area contributed by atoms with Crippen LogP contribution in [0, 0.1) is 5.92 Å². The van der Waals surface area contributed by atoms with Gasteiger partial charge in [-0.2, -0.15) is 0 Å². The van der Waals surface area contributed by atoms with Crippen molar-refractivity contribution in [1.82, 2.24) is 0 Å². The number of aryl methyl sites for hydroxylation is 1. The van der Waals surface area contributed by atoms with Crippen LogP contribution >= 0.6 is 0 Å². The molecule has 0 aromatic heterocycles. The second-order valence-corrected chi connectivity index (χ2v) is 4.99. The van der Waals surface area contributed by atoms with E-state index in [1.54, 1.807) is 0 Å². The molecule has 2 rings (SSSR count). The predicted octanol–water partition coefficient (Wildman–Crippen LogP) is 2.96. The molecule has 0 aliphatic carbocycles. The molecular weight excluding hydrogens is 212 g/mol. The van der Waals surface area contributed by atoms with Crippen LogP contribution in [0.2, 0.25) is 0 Å². The molecule has 0 amide bonds. The van der Waals surface area contributed by atoms with Crippen molar-refractivity contribution < 1.29 is 9.84 Å². The minimum atomic E-state index is -0.197. The van der Waals surface area contributed by atoms with Crippen molar-refractivity contribution in [3.63, 3.8) is 0 Å². The van der Waals surface area contributed by atoms with Crippen LogP contribution in [0.15, 0.2) is 18.2 Å². The van der Waals surface area contributed by atoms with Gasteiger partial charge in [-0.1, -0.05) is 25.5 Å². The van der Waals surface area contributed by atoms with Gasteiger partial charge in [0.25, 0.3) is 0 Å². The largest absolute Gasteiger partial charge is 0.493 e. The molecular formula is C15H22O2. The molecule has 0 fully saturated rings. The van der Waals surface area contributed by atoms with Crippen LogP contribution in [0.1, 0.15) is 37.8 Å². The molecule has 1 aliphatic heterocycles. The highest BCUT2D eigenvalue weighted by atomic mass is 16.5. The fourth-order valence-electron chi connectivity index (χ4n) is 2.53. The molecule has 0 radical (unpaired) electrons. The molecule has 94 valence electrons. The van der Waals surface area contributed by atoms with Crippen LogP contribution in [0.25, 0.3) is 0 Å². The van der Waals surface area contributed by atoms with E-state index in [2.05, 4.69) is 25.1 Å². The zero-order chi connectivity index (χ0) is 12.3. The van der Waals surface area contributed by atoms with Crippen LogP contribution in [-0.4, -0.2) is 17.8 Å². The summed E-state index contributed by atoms with van der Waals surface area (Å²) in [6.07, 6.45) is 4.00. The van der Waals surface area contributed by atoms with Crippen molar-refractivity contribution in [2.45, 2.75) is 45.6 Å². The molecule has 1 heterocycles. The average Bonchev–Trinajstić information content (AvgIpc) is 2.76. The van der Waals surface area contributed by atoms with Gasteiger partial charge in [0.2, 0.25) is 0 Å². The van der Waals surface area contributed by atoms with E-state index >= 15 is 0 Å². The number of fused-ring (bicyclic) bond motifs is 1. The standard InChI is InChI=1S/C15H22O2/c1-3-13(11(2)16)6-4-12-5-7-15-14(10-12)8-9-17-15/h5,7,10-11,13,16H,3-4,6,8-9H2,1-2H3. The quantitative estimate of drug-likeness (QED) is 0.848. The maximum Gasteiger partial charge on any atom is 0.122 e. The van der Waals surface area contributed by atoms with Gasteiger partial charge in [0.15, 0.2) is 0 Å². The molecule has 2 unspecified atom stereocenters. The third-order valence-electron chi connectivity index (χ3n) is 3.76. The van der Waals surface area contributed by atoms with Crippen molar-refractivity contribution >= 4 is 0 Å². The van der Waals surface area contributed by atoms with Crippen LogP contribution in [0.5, 0.6) is 5.75 Å². The molecule has 1 N–H and O–H groups in total. The Kier molecular flexibility index (Phi) is 4.06. The van der Waals surface area contributed by atoms with Crippen molar-refractivity contribution in [1.29, 1.82) is 0 Å². The van der Waals surface area contributed by atoms with E-state index < -0.39 is 0 Å². The van der Waals surface area contributed by atoms with E-state index in [0.29, 0.717) is 5.92 Å². The lowest BCUT2D eigenvalue weighted by Crippen LogP contribution is -2.16. The molecule has 1 aromatic rings. The number of rotatable bonds is 5. The Balaban J connectivity index is 1.95. The molecule has 0 bridgehead atoms. The Hall–Kier alpha value is -1.02. The number of aliphatic hydroxyl groups excluding tert-OH is 1. The number of hydrogen-bond acceptors (Lipinski definition) is 2. The van der Waals surface area contributed by atoms with E-state index in [9.17, 15) is 5.11 Å². The van der Waals surface area contributed by atoms with E-state index in [1.165, 1.54) is 11.1 Å². The fourth-order valence-corrected chi connectivity index (χ4v) is 2.53. The van der Waals surface area contributed by atoms with Crippen LogP contribution in [-0.2, 0) is 12.8 Å². The van der Waals surface area contributed by atoms with Gasteiger partial charge < -0.3 is 9.84 Å². The van der Waals surface area contributed by atoms with Crippen molar-refractivity contribution in [2.24, 2.45) is 5.92 Å². The Bertz CT molecular complexity index is 371. The summed E-state index contributed by atoms with van der Waals surface area (Å²) >= 11 is 0. The van der Waals surface area contributed by atoms with Gasteiger partial charge in [0, 0.05) is 6.42 Å². The van der Waals surface area contributed by atoms with E-state index in [1.807, 2.05) is 6.92 Å². The van der Waals surface area contributed by atoms with Gasteiger partial charge in [-0.25, -0.2) is 0 Å². The van der Waals surface area contributed by atoms with Crippen LogP contribution < -0.4 is 4.74 Å². The molecule has 0 saturated carbocycles. The second-order valence-electron chi connectivity index (χ2n) is 4.99. The number of benzene rings is 1. The topological polar surface area (TPSA) is 29.5 Å². The zero-order valence-corrected chi connectivity index (χ0v) is 10.8. The first-order chi connectivity index (χ1) is 8.20. The van der Waals surface area contributed by atoms with Crippen molar-refractivity contribution in [3.05, 3.63) is 29.3 Å². The van der Waals surface area contributed by atoms with Gasteiger partial charge in [0.05, 0.1) is 12.7 Å². The molecule has 0 spiro atoms. The summed E-state index contributed by atoms with van der Waals surface area (Å²) in [6, 6.07) is 6.50. The minimum Gasteiger partial charge on any atom is -0.493 e. The lowest BCUT2D eigenvalue weighted by atomic mass is 9.92. The van der Waals surface area contributed by atoms with Gasteiger partial charge in [-0.3, -0.25) is 0 Å². The van der Waals surface area contributed by atoms with Gasteiger partial charge in [0.1, 0.15) is 5.75 Å². The second kappa shape index (κ2) is 5.54. The van der Waals surface area contributed by atoms with E-state index in [4.69, 9.17) is 4.74 Å².